The van der Waals surface area contributed by atoms with Crippen molar-refractivity contribution in [2.45, 2.75) is 20.0 Å². The van der Waals surface area contributed by atoms with E-state index in [1.165, 1.54) is 0 Å². The van der Waals surface area contributed by atoms with Gasteiger partial charge in [0.1, 0.15) is 5.75 Å². The summed E-state index contributed by atoms with van der Waals surface area (Å²) in [4.78, 5) is 26.5. The Balaban J connectivity index is 0.000000406. The Labute approximate surface area is 198 Å². The molecule has 13 heteroatoms. The van der Waals surface area contributed by atoms with Crippen molar-refractivity contribution in [1.29, 1.82) is 0 Å². The number of aromatic hydroxyl groups is 1. The first-order valence-corrected chi connectivity index (χ1v) is 10.2. The van der Waals surface area contributed by atoms with Crippen molar-refractivity contribution in [3.05, 3.63) is 46.1 Å². The summed E-state index contributed by atoms with van der Waals surface area (Å²) in [6.07, 6.45) is -5.08. The van der Waals surface area contributed by atoms with Crippen molar-refractivity contribution in [3.8, 4) is 11.6 Å². The monoisotopic (exact) mass is 539 g/mol. The van der Waals surface area contributed by atoms with E-state index in [9.17, 15) is 18.3 Å². The highest BCUT2D eigenvalue weighted by molar-refractivity contribution is 9.10. The molecular formula is C21H17BrF3N5O4. The minimum absolute atomic E-state index is 0.103. The molecular weight excluding hydrogens is 523 g/mol. The van der Waals surface area contributed by atoms with Gasteiger partial charge in [-0.25, -0.2) is 19.7 Å². The van der Waals surface area contributed by atoms with Crippen LogP contribution in [0.1, 0.15) is 11.3 Å². The smallest absolute Gasteiger partial charge is 0.490 e. The maximum absolute atomic E-state index is 10.6. The average molecular weight is 540 g/mol. The van der Waals surface area contributed by atoms with Gasteiger partial charge in [0.25, 0.3) is 0 Å². The number of benzene rings is 2. The average Bonchev–Trinajstić information content (AvgIpc) is 2.74. The number of hydrogen-bond donors (Lipinski definition) is 3. The fourth-order valence-corrected chi connectivity index (χ4v) is 3.57. The molecule has 178 valence electrons. The lowest BCUT2D eigenvalue weighted by Gasteiger charge is -2.10. The van der Waals surface area contributed by atoms with Crippen molar-refractivity contribution in [2.75, 3.05) is 12.4 Å². The Hall–Kier alpha value is -3.74. The number of carboxylic acid groups (broad SMARTS) is 1. The molecule has 0 aliphatic heterocycles. The Morgan fingerprint density at radius 3 is 2.29 bits per heavy atom. The number of anilines is 2. The number of carbonyl (C=O) groups is 1. The van der Waals surface area contributed by atoms with Crippen LogP contribution in [-0.2, 0) is 4.79 Å². The van der Waals surface area contributed by atoms with Crippen molar-refractivity contribution >= 4 is 55.6 Å². The van der Waals surface area contributed by atoms with Crippen LogP contribution in [0.15, 0.2) is 34.8 Å². The number of hydrogen-bond acceptors (Lipinski definition) is 8. The molecule has 2 heterocycles. The number of ether oxygens (including phenoxy) is 1. The third-order valence-electron chi connectivity index (χ3n) is 4.44. The van der Waals surface area contributed by atoms with E-state index in [-0.39, 0.29) is 11.8 Å². The highest BCUT2D eigenvalue weighted by atomic mass is 79.9. The summed E-state index contributed by atoms with van der Waals surface area (Å²) in [5, 5.41) is 21.9. The highest BCUT2D eigenvalue weighted by Crippen LogP contribution is 2.31. The SMILES string of the molecule is COc1ccc2nc(Nc3nc(O)c4cc(C)cc(Br)c4n3)nc(C)c2c1.O=C(O)C(F)(F)F. The van der Waals surface area contributed by atoms with Crippen LogP contribution in [0.4, 0.5) is 25.1 Å². The molecule has 0 bridgehead atoms. The van der Waals surface area contributed by atoms with E-state index in [1.807, 2.05) is 44.2 Å². The van der Waals surface area contributed by atoms with Gasteiger partial charge in [0.05, 0.1) is 29.2 Å². The molecule has 0 amide bonds. The molecule has 4 rings (SSSR count). The largest absolute Gasteiger partial charge is 0.497 e. The molecule has 0 fully saturated rings. The second kappa shape index (κ2) is 9.63. The second-order valence-electron chi connectivity index (χ2n) is 6.96. The Kier molecular flexibility index (Phi) is 7.05. The molecule has 0 saturated carbocycles. The van der Waals surface area contributed by atoms with Crippen LogP contribution in [0, 0.1) is 13.8 Å². The number of rotatable bonds is 3. The van der Waals surface area contributed by atoms with Crippen molar-refractivity contribution in [2.24, 2.45) is 0 Å². The number of aryl methyl sites for hydroxylation is 2. The summed E-state index contributed by atoms with van der Waals surface area (Å²) in [6.45, 7) is 3.84. The summed E-state index contributed by atoms with van der Waals surface area (Å²) < 4.78 is 37.8. The molecule has 4 aromatic rings. The molecule has 0 aliphatic carbocycles. The van der Waals surface area contributed by atoms with Gasteiger partial charge in [0.15, 0.2) is 0 Å². The van der Waals surface area contributed by atoms with Crippen LogP contribution in [0.3, 0.4) is 0 Å². The zero-order valence-corrected chi connectivity index (χ0v) is 19.5. The fourth-order valence-electron chi connectivity index (χ4n) is 2.91. The Bertz CT molecular complexity index is 1400. The molecule has 0 aliphatic rings. The van der Waals surface area contributed by atoms with Gasteiger partial charge in [0, 0.05) is 9.86 Å². The number of carboxylic acids is 1. The van der Waals surface area contributed by atoms with E-state index in [0.29, 0.717) is 16.9 Å². The van der Waals surface area contributed by atoms with Crippen LogP contribution in [0.2, 0.25) is 0 Å². The zero-order chi connectivity index (χ0) is 25.2. The summed E-state index contributed by atoms with van der Waals surface area (Å²) in [6, 6.07) is 9.38. The molecule has 0 unspecified atom stereocenters. The third kappa shape index (κ3) is 5.60. The first-order valence-electron chi connectivity index (χ1n) is 9.45. The summed E-state index contributed by atoms with van der Waals surface area (Å²) in [7, 11) is 1.62. The quantitative estimate of drug-likeness (QED) is 0.327. The van der Waals surface area contributed by atoms with Crippen LogP contribution in [0.25, 0.3) is 21.8 Å². The lowest BCUT2D eigenvalue weighted by atomic mass is 10.1. The zero-order valence-electron chi connectivity index (χ0n) is 17.9. The Morgan fingerprint density at radius 2 is 1.68 bits per heavy atom. The lowest BCUT2D eigenvalue weighted by molar-refractivity contribution is -0.192. The summed E-state index contributed by atoms with van der Waals surface area (Å²) in [5.41, 5.74) is 3.17. The van der Waals surface area contributed by atoms with Gasteiger partial charge in [-0.15, -0.1) is 0 Å². The van der Waals surface area contributed by atoms with E-state index in [4.69, 9.17) is 14.6 Å². The number of aromatic nitrogens is 4. The van der Waals surface area contributed by atoms with Gasteiger partial charge in [-0.2, -0.15) is 18.2 Å². The van der Waals surface area contributed by atoms with Gasteiger partial charge in [0.2, 0.25) is 17.8 Å². The number of methoxy groups -OCH3 is 1. The molecule has 3 N–H and O–H groups in total. The maximum atomic E-state index is 10.6. The summed E-state index contributed by atoms with van der Waals surface area (Å²) in [5.74, 6) is -1.54. The highest BCUT2D eigenvalue weighted by Gasteiger charge is 2.38. The predicted molar refractivity (Wildman–Crippen MR) is 121 cm³/mol. The van der Waals surface area contributed by atoms with Crippen molar-refractivity contribution < 1.29 is 32.9 Å². The van der Waals surface area contributed by atoms with Gasteiger partial charge in [-0.05, 0) is 65.7 Å². The number of halogens is 4. The van der Waals surface area contributed by atoms with E-state index in [1.54, 1.807) is 7.11 Å². The third-order valence-corrected chi connectivity index (χ3v) is 5.04. The number of alkyl halides is 3. The van der Waals surface area contributed by atoms with Gasteiger partial charge < -0.3 is 14.9 Å². The first-order chi connectivity index (χ1) is 15.9. The number of fused-ring (bicyclic) bond motifs is 2. The van der Waals surface area contributed by atoms with Crippen LogP contribution in [0.5, 0.6) is 11.6 Å². The van der Waals surface area contributed by atoms with Crippen LogP contribution in [-0.4, -0.2) is 49.4 Å². The van der Waals surface area contributed by atoms with E-state index < -0.39 is 12.1 Å². The van der Waals surface area contributed by atoms with Crippen LogP contribution >= 0.6 is 15.9 Å². The van der Waals surface area contributed by atoms with Crippen LogP contribution < -0.4 is 10.1 Å². The lowest BCUT2D eigenvalue weighted by Crippen LogP contribution is -2.21. The minimum Gasteiger partial charge on any atom is -0.497 e. The number of aliphatic carboxylic acids is 1. The van der Waals surface area contributed by atoms with Crippen molar-refractivity contribution in [1.82, 2.24) is 19.9 Å². The molecule has 0 atom stereocenters. The van der Waals surface area contributed by atoms with E-state index in [0.717, 1.165) is 32.4 Å². The number of nitrogens with one attached hydrogen (secondary N) is 1. The topological polar surface area (TPSA) is 130 Å². The normalized spacial score (nSPS) is 11.1. The minimum atomic E-state index is -5.08. The Morgan fingerprint density at radius 1 is 1.03 bits per heavy atom. The van der Waals surface area contributed by atoms with Crippen molar-refractivity contribution in [3.63, 3.8) is 0 Å². The van der Waals surface area contributed by atoms with Gasteiger partial charge >= 0.3 is 12.1 Å². The molecule has 0 spiro atoms. The molecule has 2 aromatic heterocycles. The standard InChI is InChI=1S/C19H16BrN5O2.C2HF3O2/c1-9-6-13-16(14(20)7-9)23-19(24-17(13)26)25-18-21-10(2)12-8-11(27-3)4-5-15(12)22-18;3-2(4,5)1(6)7/h4-8H,1-3H3,(H2,21,22,23,24,25,26);(H,6,7). The second-order valence-corrected chi connectivity index (χ2v) is 7.81. The predicted octanol–water partition coefficient (Wildman–Crippen LogP) is 5.04. The fraction of sp³-hybridized carbons (Fsp3) is 0.190. The van der Waals surface area contributed by atoms with Gasteiger partial charge in [-0.1, -0.05) is 0 Å². The van der Waals surface area contributed by atoms with E-state index >= 15 is 0 Å². The molecule has 0 radical (unpaired) electrons. The summed E-state index contributed by atoms with van der Waals surface area (Å²) >= 11 is 3.49. The number of nitrogens with zero attached hydrogens (tertiary/aromatic N) is 4. The molecule has 0 saturated heterocycles. The molecule has 9 nitrogen and oxygen atoms in total. The first kappa shape index (κ1) is 24.9. The molecule has 34 heavy (non-hydrogen) atoms. The van der Waals surface area contributed by atoms with E-state index in [2.05, 4.69) is 41.2 Å². The maximum Gasteiger partial charge on any atom is 0.490 e. The van der Waals surface area contributed by atoms with Gasteiger partial charge in [-0.3, -0.25) is 5.32 Å². The molecule has 2 aromatic carbocycles.